The zero-order valence-electron chi connectivity index (χ0n) is 11.0. The van der Waals surface area contributed by atoms with E-state index in [4.69, 9.17) is 0 Å². The molecule has 102 valence electrons. The molecule has 2 rings (SSSR count). The van der Waals surface area contributed by atoms with Crippen molar-refractivity contribution >= 4 is 21.4 Å². The van der Waals surface area contributed by atoms with E-state index >= 15 is 0 Å². The van der Waals surface area contributed by atoms with E-state index in [2.05, 4.69) is 45.8 Å². The first-order valence-corrected chi connectivity index (χ1v) is 8.86. The predicted octanol–water partition coefficient (Wildman–Crippen LogP) is 3.07. The Labute approximate surface area is 118 Å². The summed E-state index contributed by atoms with van der Waals surface area (Å²) in [6.07, 6.45) is 1.18. The maximum atomic E-state index is 11.1. The highest BCUT2D eigenvalue weighted by Gasteiger charge is 2.09. The van der Waals surface area contributed by atoms with Crippen molar-refractivity contribution in [3.63, 3.8) is 0 Å². The summed E-state index contributed by atoms with van der Waals surface area (Å²) in [7, 11) is -3.12. The van der Waals surface area contributed by atoms with E-state index in [9.17, 15) is 8.42 Å². The first-order valence-electron chi connectivity index (χ1n) is 6.03. The molecule has 1 unspecified atom stereocenters. The molecule has 0 amide bonds. The molecule has 0 fully saturated rings. The third kappa shape index (κ3) is 4.16. The van der Waals surface area contributed by atoms with E-state index in [-0.39, 0.29) is 5.92 Å². The zero-order chi connectivity index (χ0) is 13.9. The van der Waals surface area contributed by atoms with E-state index in [0.717, 1.165) is 5.56 Å². The average molecular weight is 295 g/mol. The summed E-state index contributed by atoms with van der Waals surface area (Å²) >= 11 is 1.68. The Balaban J connectivity index is 2.06. The second kappa shape index (κ2) is 5.86. The van der Waals surface area contributed by atoms with Gasteiger partial charge in [-0.25, -0.2) is 13.1 Å². The van der Waals surface area contributed by atoms with Crippen molar-refractivity contribution in [2.75, 3.05) is 12.8 Å². The van der Waals surface area contributed by atoms with Crippen LogP contribution in [-0.4, -0.2) is 21.2 Å². The monoisotopic (exact) mass is 295 g/mol. The second-order valence-corrected chi connectivity index (χ2v) is 7.27. The summed E-state index contributed by atoms with van der Waals surface area (Å²) in [5.41, 5.74) is 3.54. The molecule has 0 spiro atoms. The topological polar surface area (TPSA) is 46.2 Å². The van der Waals surface area contributed by atoms with E-state index in [0.29, 0.717) is 6.54 Å². The summed E-state index contributed by atoms with van der Waals surface area (Å²) in [5.74, 6) is 0.159. The number of rotatable bonds is 5. The smallest absolute Gasteiger partial charge is 0.208 e. The molecule has 2 aromatic rings. The van der Waals surface area contributed by atoms with Gasteiger partial charge in [0.15, 0.2) is 0 Å². The largest absolute Gasteiger partial charge is 0.215 e. The Hall–Kier alpha value is -1.17. The molecule has 1 N–H and O–H groups in total. The number of hydrogen-bond acceptors (Lipinski definition) is 3. The van der Waals surface area contributed by atoms with Gasteiger partial charge in [0.1, 0.15) is 0 Å². The fraction of sp³-hybridized carbons (Fsp3) is 0.286. The Bertz CT molecular complexity index is 616. The first kappa shape index (κ1) is 14.2. The van der Waals surface area contributed by atoms with Crippen molar-refractivity contribution in [3.8, 4) is 11.1 Å². The van der Waals surface area contributed by atoms with Crippen LogP contribution in [0.4, 0.5) is 0 Å². The van der Waals surface area contributed by atoms with Gasteiger partial charge in [0, 0.05) is 6.54 Å². The molecular formula is C14H17NO2S2. The zero-order valence-corrected chi connectivity index (χ0v) is 12.6. The summed E-state index contributed by atoms with van der Waals surface area (Å²) < 4.78 is 24.7. The predicted molar refractivity (Wildman–Crippen MR) is 81.0 cm³/mol. The van der Waals surface area contributed by atoms with Crippen LogP contribution in [0, 0.1) is 0 Å². The Morgan fingerprint density at radius 1 is 1.16 bits per heavy atom. The van der Waals surface area contributed by atoms with E-state index < -0.39 is 10.0 Å². The van der Waals surface area contributed by atoms with Crippen LogP contribution < -0.4 is 4.72 Å². The molecule has 19 heavy (non-hydrogen) atoms. The highest BCUT2D eigenvalue weighted by molar-refractivity contribution is 7.88. The molecule has 0 aliphatic heterocycles. The fourth-order valence-corrected chi connectivity index (χ4v) is 3.04. The number of nitrogens with one attached hydrogen (secondary N) is 1. The average Bonchev–Trinajstić information content (AvgIpc) is 2.89. The fourth-order valence-electron chi connectivity index (χ4n) is 1.83. The van der Waals surface area contributed by atoms with Gasteiger partial charge in [-0.15, -0.1) is 0 Å². The molecule has 0 aliphatic carbocycles. The highest BCUT2D eigenvalue weighted by Crippen LogP contribution is 2.24. The van der Waals surface area contributed by atoms with Crippen molar-refractivity contribution in [2.45, 2.75) is 12.8 Å². The minimum atomic E-state index is -3.12. The lowest BCUT2D eigenvalue weighted by molar-refractivity contribution is 0.581. The molecule has 0 aliphatic rings. The van der Waals surface area contributed by atoms with Gasteiger partial charge in [0.2, 0.25) is 10.0 Å². The minimum Gasteiger partial charge on any atom is -0.215 e. The molecule has 5 heteroatoms. The molecule has 3 nitrogen and oxygen atoms in total. The van der Waals surface area contributed by atoms with Crippen molar-refractivity contribution in [1.29, 1.82) is 0 Å². The highest BCUT2D eigenvalue weighted by atomic mass is 32.2. The second-order valence-electron chi connectivity index (χ2n) is 4.66. The lowest BCUT2D eigenvalue weighted by Gasteiger charge is -2.12. The standard InChI is InChI=1S/C14H17NO2S2/c1-11(9-15-19(2,16)17)12-3-5-13(6-4-12)14-7-8-18-10-14/h3-8,10-11,15H,9H2,1-2H3. The number of hydrogen-bond donors (Lipinski definition) is 1. The summed E-state index contributed by atoms with van der Waals surface area (Å²) in [5, 5.41) is 4.17. The van der Waals surface area contributed by atoms with Crippen molar-refractivity contribution in [2.24, 2.45) is 0 Å². The van der Waals surface area contributed by atoms with Crippen LogP contribution in [0.1, 0.15) is 18.4 Å². The molecule has 1 heterocycles. The maximum absolute atomic E-state index is 11.1. The van der Waals surface area contributed by atoms with Crippen LogP contribution in [0.15, 0.2) is 41.1 Å². The first-order chi connectivity index (χ1) is 8.96. The maximum Gasteiger partial charge on any atom is 0.208 e. The summed E-state index contributed by atoms with van der Waals surface area (Å²) in [6, 6.07) is 10.4. The third-order valence-electron chi connectivity index (χ3n) is 2.99. The number of thiophene rings is 1. The van der Waals surface area contributed by atoms with Gasteiger partial charge in [0.25, 0.3) is 0 Å². The van der Waals surface area contributed by atoms with Crippen LogP contribution in [0.3, 0.4) is 0 Å². The minimum absolute atomic E-state index is 0.159. The van der Waals surface area contributed by atoms with Gasteiger partial charge in [-0.05, 0) is 39.4 Å². The van der Waals surface area contributed by atoms with Gasteiger partial charge < -0.3 is 0 Å². The normalized spacial score (nSPS) is 13.4. The lowest BCUT2D eigenvalue weighted by atomic mass is 9.99. The summed E-state index contributed by atoms with van der Waals surface area (Å²) in [6.45, 7) is 2.44. The summed E-state index contributed by atoms with van der Waals surface area (Å²) in [4.78, 5) is 0. The third-order valence-corrected chi connectivity index (χ3v) is 4.36. The van der Waals surface area contributed by atoms with Gasteiger partial charge in [0.05, 0.1) is 6.26 Å². The molecule has 1 atom stereocenters. The quantitative estimate of drug-likeness (QED) is 0.921. The van der Waals surface area contributed by atoms with Gasteiger partial charge in [-0.1, -0.05) is 31.2 Å². The molecule has 1 aromatic carbocycles. The van der Waals surface area contributed by atoms with Crippen LogP contribution in [0.2, 0.25) is 0 Å². The van der Waals surface area contributed by atoms with Gasteiger partial charge in [-0.2, -0.15) is 11.3 Å². The van der Waals surface area contributed by atoms with Crippen molar-refractivity contribution in [3.05, 3.63) is 46.7 Å². The van der Waals surface area contributed by atoms with Crippen LogP contribution in [0.5, 0.6) is 0 Å². The van der Waals surface area contributed by atoms with Crippen LogP contribution in [-0.2, 0) is 10.0 Å². The molecular weight excluding hydrogens is 278 g/mol. The van der Waals surface area contributed by atoms with E-state index in [1.807, 2.05) is 6.92 Å². The van der Waals surface area contributed by atoms with Crippen LogP contribution >= 0.6 is 11.3 Å². The molecule has 0 bridgehead atoms. The lowest BCUT2D eigenvalue weighted by Crippen LogP contribution is -2.26. The number of benzene rings is 1. The van der Waals surface area contributed by atoms with Gasteiger partial charge >= 0.3 is 0 Å². The molecule has 1 aromatic heterocycles. The van der Waals surface area contributed by atoms with Crippen LogP contribution in [0.25, 0.3) is 11.1 Å². The molecule has 0 saturated carbocycles. The van der Waals surface area contributed by atoms with E-state index in [1.165, 1.54) is 17.4 Å². The number of sulfonamides is 1. The van der Waals surface area contributed by atoms with Gasteiger partial charge in [-0.3, -0.25) is 0 Å². The molecule has 0 saturated heterocycles. The van der Waals surface area contributed by atoms with Crippen molar-refractivity contribution < 1.29 is 8.42 Å². The SMILES string of the molecule is CC(CNS(C)(=O)=O)c1ccc(-c2ccsc2)cc1. The molecule has 0 radical (unpaired) electrons. The Morgan fingerprint density at radius 2 is 1.84 bits per heavy atom. The Morgan fingerprint density at radius 3 is 2.37 bits per heavy atom. The Kier molecular flexibility index (Phi) is 4.39. The van der Waals surface area contributed by atoms with Crippen molar-refractivity contribution in [1.82, 2.24) is 4.72 Å². The van der Waals surface area contributed by atoms with E-state index in [1.54, 1.807) is 11.3 Å².